The maximum Gasteiger partial charge on any atom is 0.106 e. The molecule has 0 aliphatic carbocycles. The molecule has 2 aromatic rings. The van der Waals surface area contributed by atoms with Crippen LogP contribution in [0.1, 0.15) is 5.69 Å². The summed E-state index contributed by atoms with van der Waals surface area (Å²) in [5.74, 6) is 0. The Hall–Kier alpha value is -1.77. The van der Waals surface area contributed by atoms with Gasteiger partial charge in [-0.2, -0.15) is 0 Å². The molecule has 1 aromatic carbocycles. The number of fused-ring (bicyclic) bond motifs is 1. The van der Waals surface area contributed by atoms with Crippen LogP contribution in [0.3, 0.4) is 0 Å². The Bertz CT molecular complexity index is 471. The molecular formula is C11H12N2O. The van der Waals surface area contributed by atoms with E-state index in [0.717, 1.165) is 5.69 Å². The molecule has 0 bridgehead atoms. The zero-order valence-electron chi connectivity index (χ0n) is 8.27. The molecule has 1 heterocycles. The van der Waals surface area contributed by atoms with Gasteiger partial charge in [0.05, 0.1) is 11.9 Å². The van der Waals surface area contributed by atoms with Crippen molar-refractivity contribution in [2.75, 3.05) is 7.11 Å². The topological polar surface area (TPSA) is 26.5 Å². The summed E-state index contributed by atoms with van der Waals surface area (Å²) in [6, 6.07) is 10.3. The fraction of sp³-hybridized carbons (Fsp3) is 0.182. The van der Waals surface area contributed by atoms with Crippen LogP contribution in [0, 0.1) is 0 Å². The molecule has 0 saturated carbocycles. The van der Waals surface area contributed by atoms with Crippen LogP contribution in [-0.4, -0.2) is 17.9 Å². The highest BCUT2D eigenvalue weighted by Crippen LogP contribution is 2.16. The zero-order valence-corrected chi connectivity index (χ0v) is 8.27. The normalized spacial score (nSPS) is 11.3. The van der Waals surface area contributed by atoms with E-state index in [-0.39, 0.29) is 0 Å². The highest BCUT2D eigenvalue weighted by Gasteiger charge is 2.01. The largest absolute Gasteiger partial charge is 0.399 e. The van der Waals surface area contributed by atoms with E-state index in [0.29, 0.717) is 0 Å². The van der Waals surface area contributed by atoms with Gasteiger partial charge in [0.1, 0.15) is 7.11 Å². The maximum atomic E-state index is 4.65. The Morgan fingerprint density at radius 2 is 2.14 bits per heavy atom. The summed E-state index contributed by atoms with van der Waals surface area (Å²) >= 11 is 0. The monoisotopic (exact) mass is 188 g/mol. The Morgan fingerprint density at radius 1 is 1.36 bits per heavy atom. The second-order valence-corrected chi connectivity index (χ2v) is 3.10. The third-order valence-electron chi connectivity index (χ3n) is 2.28. The van der Waals surface area contributed by atoms with Gasteiger partial charge in [0, 0.05) is 18.0 Å². The number of aryl methyl sites for hydroxylation is 1. The van der Waals surface area contributed by atoms with Crippen molar-refractivity contribution in [3.8, 4) is 0 Å². The van der Waals surface area contributed by atoms with Gasteiger partial charge in [0.25, 0.3) is 0 Å². The predicted molar refractivity (Wildman–Crippen MR) is 57.5 cm³/mol. The lowest BCUT2D eigenvalue weighted by Crippen LogP contribution is -1.94. The number of aromatic nitrogens is 1. The van der Waals surface area contributed by atoms with E-state index in [1.807, 2.05) is 19.2 Å². The van der Waals surface area contributed by atoms with E-state index in [9.17, 15) is 0 Å². The average Bonchev–Trinajstić information content (AvgIpc) is 2.54. The van der Waals surface area contributed by atoms with E-state index in [1.54, 1.807) is 13.3 Å². The van der Waals surface area contributed by atoms with Gasteiger partial charge >= 0.3 is 0 Å². The predicted octanol–water partition coefficient (Wildman–Crippen LogP) is 2.16. The van der Waals surface area contributed by atoms with Gasteiger partial charge in [-0.25, -0.2) is 0 Å². The van der Waals surface area contributed by atoms with E-state index < -0.39 is 0 Å². The van der Waals surface area contributed by atoms with E-state index >= 15 is 0 Å². The molecule has 0 N–H and O–H groups in total. The first-order chi connectivity index (χ1) is 6.83. The molecule has 0 fully saturated rings. The van der Waals surface area contributed by atoms with Crippen LogP contribution in [0.2, 0.25) is 0 Å². The van der Waals surface area contributed by atoms with Crippen molar-refractivity contribution >= 4 is 17.1 Å². The van der Waals surface area contributed by atoms with Gasteiger partial charge in [0.15, 0.2) is 0 Å². The highest BCUT2D eigenvalue weighted by atomic mass is 16.6. The van der Waals surface area contributed by atoms with Crippen LogP contribution in [0.25, 0.3) is 10.9 Å². The number of benzene rings is 1. The summed E-state index contributed by atoms with van der Waals surface area (Å²) in [7, 11) is 3.55. The number of hydrogen-bond donors (Lipinski definition) is 0. The molecule has 0 atom stereocenters. The average molecular weight is 188 g/mol. The molecular weight excluding hydrogens is 176 g/mol. The van der Waals surface area contributed by atoms with Crippen LogP contribution in [-0.2, 0) is 11.9 Å². The highest BCUT2D eigenvalue weighted by molar-refractivity contribution is 5.90. The third-order valence-corrected chi connectivity index (χ3v) is 2.28. The van der Waals surface area contributed by atoms with Gasteiger partial charge < -0.3 is 9.40 Å². The van der Waals surface area contributed by atoms with Crippen molar-refractivity contribution in [1.29, 1.82) is 0 Å². The molecule has 0 aliphatic heterocycles. The van der Waals surface area contributed by atoms with Gasteiger partial charge in [-0.1, -0.05) is 23.4 Å². The Balaban J connectivity index is 2.57. The van der Waals surface area contributed by atoms with Crippen molar-refractivity contribution in [1.82, 2.24) is 4.57 Å². The lowest BCUT2D eigenvalue weighted by Gasteiger charge is -1.97. The molecule has 2 rings (SSSR count). The molecule has 0 spiro atoms. The molecule has 0 unspecified atom stereocenters. The fourth-order valence-corrected chi connectivity index (χ4v) is 1.54. The van der Waals surface area contributed by atoms with E-state index in [4.69, 9.17) is 0 Å². The van der Waals surface area contributed by atoms with E-state index in [1.165, 1.54) is 10.9 Å². The van der Waals surface area contributed by atoms with E-state index in [2.05, 4.69) is 32.8 Å². The molecule has 0 radical (unpaired) electrons. The lowest BCUT2D eigenvalue weighted by molar-refractivity contribution is 0.215. The summed E-state index contributed by atoms with van der Waals surface area (Å²) in [6.07, 6.45) is 1.71. The number of oxime groups is 1. The molecule has 0 aliphatic rings. The summed E-state index contributed by atoms with van der Waals surface area (Å²) in [5.41, 5.74) is 2.23. The van der Waals surface area contributed by atoms with Crippen molar-refractivity contribution < 1.29 is 4.84 Å². The van der Waals surface area contributed by atoms with Gasteiger partial charge in [-0.15, -0.1) is 0 Å². The first kappa shape index (κ1) is 8.81. The first-order valence-corrected chi connectivity index (χ1v) is 4.44. The van der Waals surface area contributed by atoms with Crippen LogP contribution in [0.15, 0.2) is 35.5 Å². The number of hydrogen-bond acceptors (Lipinski definition) is 2. The molecule has 0 amide bonds. The summed E-state index contributed by atoms with van der Waals surface area (Å²) in [5, 5.41) is 4.97. The quantitative estimate of drug-likeness (QED) is 0.524. The maximum absolute atomic E-state index is 4.65. The van der Waals surface area contributed by atoms with Crippen LogP contribution >= 0.6 is 0 Å². The SMILES string of the molecule is CON=Cc1cc2ccccc2n1C. The van der Waals surface area contributed by atoms with Crippen LogP contribution in [0.5, 0.6) is 0 Å². The molecule has 0 saturated heterocycles. The number of nitrogens with zero attached hydrogens (tertiary/aromatic N) is 2. The second-order valence-electron chi connectivity index (χ2n) is 3.10. The number of rotatable bonds is 2. The Labute approximate surface area is 82.6 Å². The van der Waals surface area contributed by atoms with Gasteiger partial charge in [0.2, 0.25) is 0 Å². The van der Waals surface area contributed by atoms with Gasteiger partial charge in [-0.05, 0) is 12.1 Å². The Morgan fingerprint density at radius 3 is 2.86 bits per heavy atom. The lowest BCUT2D eigenvalue weighted by atomic mass is 10.2. The molecule has 14 heavy (non-hydrogen) atoms. The van der Waals surface area contributed by atoms with Crippen molar-refractivity contribution in [3.05, 3.63) is 36.0 Å². The zero-order chi connectivity index (χ0) is 9.97. The minimum atomic E-state index is 1.04. The number of para-hydroxylation sites is 1. The Kier molecular flexibility index (Phi) is 2.23. The second kappa shape index (κ2) is 3.54. The van der Waals surface area contributed by atoms with Crippen molar-refractivity contribution in [3.63, 3.8) is 0 Å². The first-order valence-electron chi connectivity index (χ1n) is 4.44. The minimum absolute atomic E-state index is 1.04. The minimum Gasteiger partial charge on any atom is -0.399 e. The molecule has 72 valence electrons. The fourth-order valence-electron chi connectivity index (χ4n) is 1.54. The van der Waals surface area contributed by atoms with Crippen LogP contribution in [0.4, 0.5) is 0 Å². The smallest absolute Gasteiger partial charge is 0.106 e. The molecule has 3 heteroatoms. The standard InChI is InChI=1S/C11H12N2O/c1-13-10(8-12-14-2)7-9-5-3-4-6-11(9)13/h3-8H,1-2H3. The summed E-state index contributed by atoms with van der Waals surface area (Å²) in [6.45, 7) is 0. The molecule has 3 nitrogen and oxygen atoms in total. The van der Waals surface area contributed by atoms with Crippen molar-refractivity contribution in [2.45, 2.75) is 0 Å². The summed E-state index contributed by atoms with van der Waals surface area (Å²) < 4.78 is 2.08. The summed E-state index contributed by atoms with van der Waals surface area (Å²) in [4.78, 5) is 4.65. The van der Waals surface area contributed by atoms with Gasteiger partial charge in [-0.3, -0.25) is 0 Å². The van der Waals surface area contributed by atoms with Crippen molar-refractivity contribution in [2.24, 2.45) is 12.2 Å². The third kappa shape index (κ3) is 1.37. The molecule has 1 aromatic heterocycles. The van der Waals surface area contributed by atoms with Crippen LogP contribution < -0.4 is 0 Å².